The fraction of sp³-hybridized carbons (Fsp3) is 0.500. The molecular weight excluding hydrogens is 388 g/mol. The quantitative estimate of drug-likeness (QED) is 0.429. The highest BCUT2D eigenvalue weighted by Gasteiger charge is 2.64. The Balaban J connectivity index is 1.85. The molecule has 30 heavy (non-hydrogen) atoms. The van der Waals surface area contributed by atoms with Crippen molar-refractivity contribution in [2.24, 2.45) is 0 Å². The van der Waals surface area contributed by atoms with Crippen molar-refractivity contribution in [1.82, 2.24) is 4.90 Å². The number of para-hydroxylation sites is 1. The molecule has 1 saturated heterocycles. The zero-order valence-electron chi connectivity index (χ0n) is 17.4. The maximum absolute atomic E-state index is 12.9. The number of ether oxygens (including phenoxy) is 3. The number of benzene rings is 1. The average molecular weight is 414 g/mol. The van der Waals surface area contributed by atoms with Gasteiger partial charge in [-0.3, -0.25) is 9.69 Å². The summed E-state index contributed by atoms with van der Waals surface area (Å²) in [5.41, 5.74) is 2.33. The van der Waals surface area contributed by atoms with Crippen LogP contribution in [0.5, 0.6) is 0 Å². The van der Waals surface area contributed by atoms with E-state index in [0.717, 1.165) is 16.8 Å². The van der Waals surface area contributed by atoms with Crippen molar-refractivity contribution < 1.29 is 28.6 Å². The van der Waals surface area contributed by atoms with Crippen LogP contribution in [-0.2, 0) is 24.4 Å². The molecule has 3 atom stereocenters. The van der Waals surface area contributed by atoms with Gasteiger partial charge in [0.05, 0.1) is 39.1 Å². The van der Waals surface area contributed by atoms with Crippen LogP contribution in [0.1, 0.15) is 31.2 Å². The van der Waals surface area contributed by atoms with Gasteiger partial charge in [0.2, 0.25) is 0 Å². The number of rotatable bonds is 3. The second-order valence-electron chi connectivity index (χ2n) is 7.82. The Kier molecular flexibility index (Phi) is 5.17. The second-order valence-corrected chi connectivity index (χ2v) is 7.82. The van der Waals surface area contributed by atoms with E-state index in [4.69, 9.17) is 14.2 Å². The number of hydrogen-bond acceptors (Lipinski definition) is 6. The predicted molar refractivity (Wildman–Crippen MR) is 108 cm³/mol. The minimum Gasteiger partial charge on any atom is -0.469 e. The minimum atomic E-state index is -0.473. The third-order valence-electron chi connectivity index (χ3n) is 6.73. The van der Waals surface area contributed by atoms with Gasteiger partial charge in [0.1, 0.15) is 0 Å². The van der Waals surface area contributed by atoms with Gasteiger partial charge in [-0.15, -0.1) is 0 Å². The van der Waals surface area contributed by atoms with Crippen molar-refractivity contribution in [3.8, 4) is 0 Å². The van der Waals surface area contributed by atoms with Crippen LogP contribution in [0, 0.1) is 0 Å². The molecule has 1 aromatic rings. The Hall–Kier alpha value is -3.03. The van der Waals surface area contributed by atoms with Crippen LogP contribution >= 0.6 is 0 Å². The van der Waals surface area contributed by atoms with Gasteiger partial charge >= 0.3 is 18.2 Å². The fourth-order valence-corrected chi connectivity index (χ4v) is 5.57. The lowest BCUT2D eigenvalue weighted by molar-refractivity contribution is -0.140. The number of likely N-dealkylation sites (tertiary alicyclic amines) is 1. The first kappa shape index (κ1) is 20.3. The van der Waals surface area contributed by atoms with E-state index in [1.54, 1.807) is 9.80 Å². The van der Waals surface area contributed by atoms with Gasteiger partial charge in [0.15, 0.2) is 0 Å². The molecule has 0 bridgehead atoms. The number of anilines is 1. The molecule has 2 amide bonds. The number of nitrogens with zero attached hydrogens (tertiary/aromatic N) is 2. The smallest absolute Gasteiger partial charge is 0.414 e. The summed E-state index contributed by atoms with van der Waals surface area (Å²) in [5, 5.41) is 0. The monoisotopic (exact) mass is 414 g/mol. The summed E-state index contributed by atoms with van der Waals surface area (Å²) < 4.78 is 15.0. The number of methoxy groups -OCH3 is 3. The lowest BCUT2D eigenvalue weighted by Crippen LogP contribution is -2.57. The van der Waals surface area contributed by atoms with E-state index in [2.05, 4.69) is 6.08 Å². The maximum atomic E-state index is 12.9. The van der Waals surface area contributed by atoms with Gasteiger partial charge in [-0.1, -0.05) is 24.3 Å². The van der Waals surface area contributed by atoms with Crippen LogP contribution in [-0.4, -0.2) is 63.0 Å². The fourth-order valence-electron chi connectivity index (χ4n) is 5.57. The number of amides is 2. The lowest BCUT2D eigenvalue weighted by atomic mass is 9.64. The summed E-state index contributed by atoms with van der Waals surface area (Å²) in [4.78, 5) is 40.7. The summed E-state index contributed by atoms with van der Waals surface area (Å²) >= 11 is 0. The standard InChI is InChI=1S/C22H26N2O6/c1-28-18(25)11-9-14-8-10-17-22(12-13-23(17)20(26)29-2)15-6-4-5-7-16(15)24(19(14)22)21(27)30-3/h4-8,17,19H,9-13H2,1-3H3/t17-,19-,22+/m0/s1. The molecule has 1 aliphatic carbocycles. The van der Waals surface area contributed by atoms with Crippen molar-refractivity contribution in [2.75, 3.05) is 32.8 Å². The number of carbonyl (C=O) groups is 3. The van der Waals surface area contributed by atoms with Crippen LogP contribution < -0.4 is 4.90 Å². The van der Waals surface area contributed by atoms with Gasteiger partial charge in [-0.05, 0) is 36.5 Å². The Morgan fingerprint density at radius 3 is 2.50 bits per heavy atom. The lowest BCUT2D eigenvalue weighted by Gasteiger charge is -2.45. The van der Waals surface area contributed by atoms with Gasteiger partial charge in [0, 0.05) is 18.4 Å². The topological polar surface area (TPSA) is 85.4 Å². The molecule has 0 unspecified atom stereocenters. The Morgan fingerprint density at radius 2 is 1.80 bits per heavy atom. The van der Waals surface area contributed by atoms with E-state index < -0.39 is 11.5 Å². The van der Waals surface area contributed by atoms with Crippen molar-refractivity contribution in [1.29, 1.82) is 0 Å². The van der Waals surface area contributed by atoms with Crippen LogP contribution in [0.2, 0.25) is 0 Å². The molecule has 8 nitrogen and oxygen atoms in total. The molecule has 8 heteroatoms. The third-order valence-corrected chi connectivity index (χ3v) is 6.73. The zero-order chi connectivity index (χ0) is 21.5. The first-order valence-corrected chi connectivity index (χ1v) is 10.1. The van der Waals surface area contributed by atoms with E-state index in [-0.39, 0.29) is 30.6 Å². The van der Waals surface area contributed by atoms with E-state index in [9.17, 15) is 14.4 Å². The Bertz CT molecular complexity index is 913. The van der Waals surface area contributed by atoms with Crippen LogP contribution in [0.4, 0.5) is 15.3 Å². The molecule has 0 saturated carbocycles. The number of esters is 1. The van der Waals surface area contributed by atoms with E-state index in [1.807, 2.05) is 24.3 Å². The first-order valence-electron chi connectivity index (χ1n) is 10.1. The minimum absolute atomic E-state index is 0.146. The summed E-state index contributed by atoms with van der Waals surface area (Å²) in [6, 6.07) is 7.31. The SMILES string of the molecule is COC(=O)CCC1=CC[C@@H]2N(C(=O)OC)CC[C@@]23c2ccccc2N(C(=O)OC)[C@@H]13. The molecule has 1 aromatic carbocycles. The molecule has 1 spiro atoms. The highest BCUT2D eigenvalue weighted by molar-refractivity contribution is 5.94. The van der Waals surface area contributed by atoms with Gasteiger partial charge in [0.25, 0.3) is 0 Å². The summed E-state index contributed by atoms with van der Waals surface area (Å²) in [6.07, 6.45) is 3.27. The third kappa shape index (κ3) is 2.77. The van der Waals surface area contributed by atoms with Crippen molar-refractivity contribution in [3.63, 3.8) is 0 Å². The normalized spacial score (nSPS) is 26.3. The maximum Gasteiger partial charge on any atom is 0.414 e. The number of fused-ring (bicyclic) bond motifs is 1. The Morgan fingerprint density at radius 1 is 1.07 bits per heavy atom. The first-order chi connectivity index (χ1) is 14.5. The van der Waals surface area contributed by atoms with Crippen molar-refractivity contribution in [2.45, 2.75) is 43.2 Å². The van der Waals surface area contributed by atoms with E-state index >= 15 is 0 Å². The summed E-state index contributed by atoms with van der Waals surface area (Å²) in [6.45, 7) is 0.537. The molecule has 2 aliphatic heterocycles. The molecule has 2 heterocycles. The summed E-state index contributed by atoms with van der Waals surface area (Å²) in [5.74, 6) is -0.296. The van der Waals surface area contributed by atoms with Gasteiger partial charge in [-0.2, -0.15) is 0 Å². The largest absolute Gasteiger partial charge is 0.469 e. The molecule has 1 fully saturated rings. The Labute approximate surface area is 175 Å². The van der Waals surface area contributed by atoms with E-state index in [0.29, 0.717) is 25.8 Å². The van der Waals surface area contributed by atoms with E-state index in [1.165, 1.54) is 21.3 Å². The molecule has 4 rings (SSSR count). The second kappa shape index (κ2) is 7.66. The van der Waals surface area contributed by atoms with Crippen molar-refractivity contribution in [3.05, 3.63) is 41.5 Å². The zero-order valence-corrected chi connectivity index (χ0v) is 17.4. The number of hydrogen-bond donors (Lipinski definition) is 0. The van der Waals surface area contributed by atoms with Gasteiger partial charge < -0.3 is 19.1 Å². The molecular formula is C22H26N2O6. The average Bonchev–Trinajstić information content (AvgIpc) is 3.31. The molecule has 0 radical (unpaired) electrons. The van der Waals surface area contributed by atoms with Crippen molar-refractivity contribution >= 4 is 23.8 Å². The van der Waals surface area contributed by atoms with Crippen LogP contribution in [0.15, 0.2) is 35.9 Å². The van der Waals surface area contributed by atoms with Gasteiger partial charge in [-0.25, -0.2) is 9.59 Å². The molecule has 160 valence electrons. The molecule has 0 N–H and O–H groups in total. The van der Waals surface area contributed by atoms with Crippen LogP contribution in [0.3, 0.4) is 0 Å². The van der Waals surface area contributed by atoms with Crippen LogP contribution in [0.25, 0.3) is 0 Å². The highest BCUT2D eigenvalue weighted by atomic mass is 16.5. The highest BCUT2D eigenvalue weighted by Crippen LogP contribution is 2.58. The molecule has 3 aliphatic rings. The number of carbonyl (C=O) groups excluding carboxylic acids is 3. The predicted octanol–water partition coefficient (Wildman–Crippen LogP) is 3.00. The summed E-state index contributed by atoms with van der Waals surface area (Å²) in [7, 11) is 4.12. The molecule has 0 aromatic heterocycles.